The summed E-state index contributed by atoms with van der Waals surface area (Å²) >= 11 is 1.77. The lowest BCUT2D eigenvalue weighted by atomic mass is 10.3. The zero-order valence-corrected chi connectivity index (χ0v) is 9.89. The van der Waals surface area contributed by atoms with Gasteiger partial charge in [0, 0.05) is 36.8 Å². The molecule has 0 saturated heterocycles. The van der Waals surface area contributed by atoms with Crippen LogP contribution in [0.15, 0.2) is 23.8 Å². The van der Waals surface area contributed by atoms with E-state index in [-0.39, 0.29) is 0 Å². The standard InChI is InChI=1S/C12H15N3S/c1-2-10(1)11-8-16-12(15-11)7-14-6-9-3-4-13-5-9/h3-5,8,10,13-14H,1-2,6-7H2. The average molecular weight is 233 g/mol. The van der Waals surface area contributed by atoms with Crippen molar-refractivity contribution in [2.24, 2.45) is 0 Å². The number of nitrogens with one attached hydrogen (secondary N) is 2. The molecule has 0 aromatic carbocycles. The summed E-state index contributed by atoms with van der Waals surface area (Å²) in [7, 11) is 0. The largest absolute Gasteiger partial charge is 0.367 e. The molecule has 84 valence electrons. The molecule has 3 rings (SSSR count). The van der Waals surface area contributed by atoms with Crippen molar-refractivity contribution in [2.75, 3.05) is 0 Å². The molecule has 1 aliphatic rings. The Balaban J connectivity index is 1.50. The van der Waals surface area contributed by atoms with Gasteiger partial charge < -0.3 is 10.3 Å². The second-order valence-electron chi connectivity index (χ2n) is 4.26. The fraction of sp³-hybridized carbons (Fsp3) is 0.417. The molecule has 16 heavy (non-hydrogen) atoms. The predicted molar refractivity (Wildman–Crippen MR) is 65.4 cm³/mol. The smallest absolute Gasteiger partial charge is 0.107 e. The van der Waals surface area contributed by atoms with Crippen LogP contribution in [-0.2, 0) is 13.1 Å². The summed E-state index contributed by atoms with van der Waals surface area (Å²) in [6.45, 7) is 1.78. The van der Waals surface area contributed by atoms with E-state index in [9.17, 15) is 0 Å². The van der Waals surface area contributed by atoms with Crippen LogP contribution in [0.25, 0.3) is 0 Å². The molecule has 0 amide bonds. The second-order valence-corrected chi connectivity index (χ2v) is 5.21. The highest BCUT2D eigenvalue weighted by atomic mass is 32.1. The van der Waals surface area contributed by atoms with Gasteiger partial charge in [-0.3, -0.25) is 0 Å². The van der Waals surface area contributed by atoms with Gasteiger partial charge in [-0.2, -0.15) is 0 Å². The highest BCUT2D eigenvalue weighted by Crippen LogP contribution is 2.40. The van der Waals surface area contributed by atoms with E-state index >= 15 is 0 Å². The van der Waals surface area contributed by atoms with Crippen molar-refractivity contribution in [1.29, 1.82) is 0 Å². The minimum atomic E-state index is 0.773. The quantitative estimate of drug-likeness (QED) is 0.833. The molecule has 2 aromatic heterocycles. The van der Waals surface area contributed by atoms with Gasteiger partial charge in [-0.25, -0.2) is 4.98 Å². The van der Waals surface area contributed by atoms with E-state index in [4.69, 9.17) is 0 Å². The zero-order valence-electron chi connectivity index (χ0n) is 9.07. The van der Waals surface area contributed by atoms with E-state index < -0.39 is 0 Å². The lowest BCUT2D eigenvalue weighted by Crippen LogP contribution is -2.11. The number of aromatic nitrogens is 2. The van der Waals surface area contributed by atoms with Crippen LogP contribution in [0, 0.1) is 0 Å². The van der Waals surface area contributed by atoms with Gasteiger partial charge in [-0.15, -0.1) is 11.3 Å². The summed E-state index contributed by atoms with van der Waals surface area (Å²) in [5.74, 6) is 0.773. The minimum absolute atomic E-state index is 0.773. The molecule has 1 saturated carbocycles. The molecule has 3 nitrogen and oxygen atoms in total. The minimum Gasteiger partial charge on any atom is -0.367 e. The Kier molecular flexibility index (Phi) is 2.76. The Morgan fingerprint density at radius 3 is 3.12 bits per heavy atom. The summed E-state index contributed by atoms with van der Waals surface area (Å²) < 4.78 is 0. The third kappa shape index (κ3) is 2.33. The van der Waals surface area contributed by atoms with E-state index in [1.807, 2.05) is 12.4 Å². The van der Waals surface area contributed by atoms with E-state index in [2.05, 4.69) is 26.7 Å². The number of hydrogen-bond acceptors (Lipinski definition) is 3. The number of thiazole rings is 1. The summed E-state index contributed by atoms with van der Waals surface area (Å²) in [4.78, 5) is 7.69. The van der Waals surface area contributed by atoms with Crippen LogP contribution < -0.4 is 5.32 Å². The molecule has 1 fully saturated rings. The van der Waals surface area contributed by atoms with Crippen molar-refractivity contribution in [3.8, 4) is 0 Å². The molecular weight excluding hydrogens is 218 g/mol. The number of hydrogen-bond donors (Lipinski definition) is 2. The third-order valence-electron chi connectivity index (χ3n) is 2.83. The van der Waals surface area contributed by atoms with Crippen molar-refractivity contribution in [2.45, 2.75) is 31.8 Å². The first-order chi connectivity index (χ1) is 7.92. The maximum Gasteiger partial charge on any atom is 0.107 e. The van der Waals surface area contributed by atoms with Gasteiger partial charge in [-0.05, 0) is 24.5 Å². The first-order valence-corrected chi connectivity index (χ1v) is 6.56. The van der Waals surface area contributed by atoms with Gasteiger partial charge in [-0.1, -0.05) is 0 Å². The van der Waals surface area contributed by atoms with Crippen LogP contribution >= 0.6 is 11.3 Å². The third-order valence-corrected chi connectivity index (χ3v) is 3.70. The van der Waals surface area contributed by atoms with E-state index in [1.165, 1.54) is 29.1 Å². The lowest BCUT2D eigenvalue weighted by molar-refractivity contribution is 0.688. The normalized spacial score (nSPS) is 15.5. The van der Waals surface area contributed by atoms with Gasteiger partial charge in [0.15, 0.2) is 0 Å². The van der Waals surface area contributed by atoms with Gasteiger partial charge in [0.1, 0.15) is 5.01 Å². The fourth-order valence-electron chi connectivity index (χ4n) is 1.76. The number of H-pyrrole nitrogens is 1. The van der Waals surface area contributed by atoms with Crippen LogP contribution in [0.5, 0.6) is 0 Å². The number of rotatable bonds is 5. The number of aromatic amines is 1. The molecule has 0 aliphatic heterocycles. The van der Waals surface area contributed by atoms with Crippen molar-refractivity contribution in [1.82, 2.24) is 15.3 Å². The molecule has 4 heteroatoms. The summed E-state index contributed by atoms with van der Waals surface area (Å²) in [5.41, 5.74) is 2.60. The predicted octanol–water partition coefficient (Wildman–Crippen LogP) is 2.64. The Hall–Kier alpha value is -1.13. The average Bonchev–Trinajstić information content (AvgIpc) is 2.83. The maximum absolute atomic E-state index is 4.64. The van der Waals surface area contributed by atoms with Crippen molar-refractivity contribution in [3.05, 3.63) is 40.1 Å². The molecule has 0 bridgehead atoms. The first kappa shape index (κ1) is 10.1. The summed E-state index contributed by atoms with van der Waals surface area (Å²) in [6.07, 6.45) is 6.63. The Labute approximate surface area is 98.9 Å². The molecule has 2 aromatic rings. The molecular formula is C12H15N3S. The Morgan fingerprint density at radius 1 is 1.44 bits per heavy atom. The molecule has 2 N–H and O–H groups in total. The van der Waals surface area contributed by atoms with E-state index in [0.29, 0.717) is 0 Å². The van der Waals surface area contributed by atoms with E-state index in [1.54, 1.807) is 11.3 Å². The lowest BCUT2D eigenvalue weighted by Gasteiger charge is -1.99. The van der Waals surface area contributed by atoms with Gasteiger partial charge in [0.05, 0.1) is 5.69 Å². The highest BCUT2D eigenvalue weighted by Gasteiger charge is 2.25. The molecule has 0 atom stereocenters. The van der Waals surface area contributed by atoms with Crippen LogP contribution in [0.1, 0.15) is 35.0 Å². The van der Waals surface area contributed by atoms with Gasteiger partial charge in [0.25, 0.3) is 0 Å². The molecule has 1 aliphatic carbocycles. The van der Waals surface area contributed by atoms with Crippen molar-refractivity contribution >= 4 is 11.3 Å². The van der Waals surface area contributed by atoms with Crippen molar-refractivity contribution in [3.63, 3.8) is 0 Å². The van der Waals surface area contributed by atoms with Crippen LogP contribution in [0.2, 0.25) is 0 Å². The monoisotopic (exact) mass is 233 g/mol. The first-order valence-electron chi connectivity index (χ1n) is 5.68. The summed E-state index contributed by atoms with van der Waals surface area (Å²) in [5, 5.41) is 6.82. The molecule has 0 radical (unpaired) electrons. The molecule has 0 spiro atoms. The zero-order chi connectivity index (χ0) is 10.8. The topological polar surface area (TPSA) is 40.7 Å². The summed E-state index contributed by atoms with van der Waals surface area (Å²) in [6, 6.07) is 2.09. The molecule has 0 unspecified atom stereocenters. The fourth-order valence-corrected chi connectivity index (χ4v) is 2.60. The van der Waals surface area contributed by atoms with Gasteiger partial charge >= 0.3 is 0 Å². The molecule has 2 heterocycles. The SMILES string of the molecule is c1cc(CNCc2nc(C3CC3)cs2)c[nH]1. The van der Waals surface area contributed by atoms with Crippen LogP contribution in [0.3, 0.4) is 0 Å². The maximum atomic E-state index is 4.64. The van der Waals surface area contributed by atoms with Gasteiger partial charge in [0.2, 0.25) is 0 Å². The Bertz CT molecular complexity index is 443. The second kappa shape index (κ2) is 4.39. The Morgan fingerprint density at radius 2 is 2.38 bits per heavy atom. The van der Waals surface area contributed by atoms with Crippen LogP contribution in [0.4, 0.5) is 0 Å². The number of nitrogens with zero attached hydrogens (tertiary/aromatic N) is 1. The van der Waals surface area contributed by atoms with Crippen LogP contribution in [-0.4, -0.2) is 9.97 Å². The van der Waals surface area contributed by atoms with E-state index in [0.717, 1.165) is 19.0 Å². The highest BCUT2D eigenvalue weighted by molar-refractivity contribution is 7.09. The van der Waals surface area contributed by atoms with Crippen molar-refractivity contribution < 1.29 is 0 Å².